The molecular weight excluding hydrogens is 395 g/mol. The fourth-order valence-electron chi connectivity index (χ4n) is 3.43. The third kappa shape index (κ3) is 5.56. The Morgan fingerprint density at radius 2 is 2.10 bits per heavy atom. The monoisotopic (exact) mass is 420 g/mol. The number of anilines is 1. The van der Waals surface area contributed by atoms with E-state index in [-0.39, 0.29) is 17.0 Å². The second kappa shape index (κ2) is 9.87. The Labute approximate surface area is 175 Å². The number of carbonyl (C=O) groups is 1. The van der Waals surface area contributed by atoms with Gasteiger partial charge in [-0.05, 0) is 25.5 Å². The van der Waals surface area contributed by atoms with E-state index in [2.05, 4.69) is 28.7 Å². The van der Waals surface area contributed by atoms with Gasteiger partial charge in [0.2, 0.25) is 11.8 Å². The number of rotatable bonds is 7. The summed E-state index contributed by atoms with van der Waals surface area (Å²) in [5.74, 6) is 1.21. The van der Waals surface area contributed by atoms with Gasteiger partial charge in [0.25, 0.3) is 0 Å². The number of aromatic nitrogens is 2. The van der Waals surface area contributed by atoms with E-state index in [9.17, 15) is 9.18 Å². The van der Waals surface area contributed by atoms with Gasteiger partial charge in [-0.1, -0.05) is 31.4 Å². The van der Waals surface area contributed by atoms with E-state index < -0.39 is 5.82 Å². The third-order valence-electron chi connectivity index (χ3n) is 5.01. The summed E-state index contributed by atoms with van der Waals surface area (Å²) in [5.41, 5.74) is 0. The fourth-order valence-corrected chi connectivity index (χ4v) is 3.60. The maximum absolute atomic E-state index is 13.3. The van der Waals surface area contributed by atoms with Crippen molar-refractivity contribution in [2.75, 3.05) is 24.5 Å². The average molecular weight is 421 g/mol. The van der Waals surface area contributed by atoms with Crippen LogP contribution in [0.5, 0.6) is 11.6 Å². The predicted molar refractivity (Wildman–Crippen MR) is 111 cm³/mol. The lowest BCUT2D eigenvalue weighted by Gasteiger charge is -2.40. The quantitative estimate of drug-likeness (QED) is 0.609. The second-order valence-electron chi connectivity index (χ2n) is 7.23. The van der Waals surface area contributed by atoms with Crippen LogP contribution in [-0.4, -0.2) is 46.5 Å². The van der Waals surface area contributed by atoms with Crippen molar-refractivity contribution < 1.29 is 13.9 Å². The van der Waals surface area contributed by atoms with Crippen molar-refractivity contribution in [1.82, 2.24) is 14.9 Å². The lowest BCUT2D eigenvalue weighted by Crippen LogP contribution is -2.54. The number of amides is 1. The van der Waals surface area contributed by atoms with Gasteiger partial charge >= 0.3 is 0 Å². The molecule has 1 aliphatic heterocycles. The minimum atomic E-state index is -0.501. The van der Waals surface area contributed by atoms with Gasteiger partial charge in [-0.3, -0.25) is 4.79 Å². The van der Waals surface area contributed by atoms with Crippen molar-refractivity contribution in [1.29, 1.82) is 0 Å². The predicted octanol–water partition coefficient (Wildman–Crippen LogP) is 4.68. The van der Waals surface area contributed by atoms with Crippen LogP contribution >= 0.6 is 11.6 Å². The first kappa shape index (κ1) is 21.3. The van der Waals surface area contributed by atoms with Crippen molar-refractivity contribution in [3.63, 3.8) is 0 Å². The van der Waals surface area contributed by atoms with Crippen molar-refractivity contribution in [3.8, 4) is 11.6 Å². The van der Waals surface area contributed by atoms with Gasteiger partial charge in [0.1, 0.15) is 23.7 Å². The summed E-state index contributed by atoms with van der Waals surface area (Å²) >= 11 is 5.80. The Hall–Kier alpha value is -2.41. The highest BCUT2D eigenvalue weighted by Crippen LogP contribution is 2.27. The highest BCUT2D eigenvalue weighted by atomic mass is 35.5. The molecule has 1 atom stereocenters. The molecule has 0 N–H and O–H groups in total. The number of hydrogen-bond acceptors (Lipinski definition) is 5. The highest BCUT2D eigenvalue weighted by molar-refractivity contribution is 6.30. The van der Waals surface area contributed by atoms with Crippen LogP contribution < -0.4 is 9.64 Å². The van der Waals surface area contributed by atoms with Crippen LogP contribution in [0.25, 0.3) is 0 Å². The smallest absolute Gasteiger partial charge is 0.224 e. The summed E-state index contributed by atoms with van der Waals surface area (Å²) in [6.07, 6.45) is 5.19. The molecule has 3 rings (SSSR count). The van der Waals surface area contributed by atoms with Crippen LogP contribution in [0.15, 0.2) is 30.6 Å². The molecule has 0 aliphatic carbocycles. The molecule has 1 amide bonds. The van der Waals surface area contributed by atoms with Crippen LogP contribution in [0.3, 0.4) is 0 Å². The topological polar surface area (TPSA) is 58.6 Å². The van der Waals surface area contributed by atoms with Crippen molar-refractivity contribution in [2.45, 2.75) is 45.6 Å². The molecule has 0 unspecified atom stereocenters. The van der Waals surface area contributed by atoms with E-state index in [1.807, 2.05) is 4.90 Å². The molecule has 0 spiro atoms. The van der Waals surface area contributed by atoms with Crippen LogP contribution in [0, 0.1) is 5.82 Å². The summed E-state index contributed by atoms with van der Waals surface area (Å²) in [6.45, 7) is 6.25. The standard InChI is InChI=1S/C21H26ClFN4O2/c1-3-4-5-6-21(28)27-10-9-26(13-15(27)2)19-12-20(25-14-24-19)29-16-7-8-18(23)17(22)11-16/h7-8,11-12,14-15H,3-6,9-10,13H2,1-2H3/t15-/m0/s1. The molecule has 1 aromatic carbocycles. The average Bonchev–Trinajstić information content (AvgIpc) is 2.71. The molecule has 0 saturated carbocycles. The summed E-state index contributed by atoms with van der Waals surface area (Å²) in [5, 5.41) is -0.00895. The normalized spacial score (nSPS) is 16.8. The van der Waals surface area contributed by atoms with E-state index in [0.717, 1.165) is 25.1 Å². The first-order valence-corrected chi connectivity index (χ1v) is 10.3. The number of hydrogen-bond donors (Lipinski definition) is 0. The summed E-state index contributed by atoms with van der Waals surface area (Å²) in [7, 11) is 0. The van der Waals surface area contributed by atoms with Gasteiger partial charge in [-0.2, -0.15) is 0 Å². The number of carbonyl (C=O) groups excluding carboxylic acids is 1. The molecule has 8 heteroatoms. The van der Waals surface area contributed by atoms with Gasteiger partial charge in [-0.25, -0.2) is 14.4 Å². The van der Waals surface area contributed by atoms with E-state index in [1.165, 1.54) is 24.5 Å². The molecule has 1 aliphatic rings. The van der Waals surface area contributed by atoms with Crippen LogP contribution in [0.4, 0.5) is 10.2 Å². The molecule has 156 valence electrons. The van der Waals surface area contributed by atoms with Gasteiger partial charge in [0.05, 0.1) is 5.02 Å². The molecule has 1 saturated heterocycles. The molecule has 1 fully saturated rings. The zero-order valence-electron chi connectivity index (χ0n) is 16.8. The molecule has 0 radical (unpaired) electrons. The number of nitrogens with zero attached hydrogens (tertiary/aromatic N) is 4. The van der Waals surface area contributed by atoms with Gasteiger partial charge in [-0.15, -0.1) is 0 Å². The maximum atomic E-state index is 13.3. The molecule has 2 heterocycles. The molecule has 29 heavy (non-hydrogen) atoms. The third-order valence-corrected chi connectivity index (χ3v) is 5.30. The Morgan fingerprint density at radius 3 is 2.83 bits per heavy atom. The van der Waals surface area contributed by atoms with Gasteiger partial charge in [0.15, 0.2) is 0 Å². The van der Waals surface area contributed by atoms with Crippen LogP contribution in [0.2, 0.25) is 5.02 Å². The number of unbranched alkanes of at least 4 members (excludes halogenated alkanes) is 2. The molecule has 6 nitrogen and oxygen atoms in total. The zero-order valence-corrected chi connectivity index (χ0v) is 17.5. The zero-order chi connectivity index (χ0) is 20.8. The minimum absolute atomic E-state index is 0.00895. The number of halogens is 2. The molecule has 2 aromatic rings. The van der Waals surface area contributed by atoms with Crippen molar-refractivity contribution in [2.24, 2.45) is 0 Å². The Morgan fingerprint density at radius 1 is 1.28 bits per heavy atom. The first-order chi connectivity index (χ1) is 14.0. The SMILES string of the molecule is CCCCCC(=O)N1CCN(c2cc(Oc3ccc(F)c(Cl)c3)ncn2)C[C@@H]1C. The lowest BCUT2D eigenvalue weighted by molar-refractivity contribution is -0.133. The fraction of sp³-hybridized carbons (Fsp3) is 0.476. The maximum Gasteiger partial charge on any atom is 0.224 e. The minimum Gasteiger partial charge on any atom is -0.439 e. The summed E-state index contributed by atoms with van der Waals surface area (Å²) in [4.78, 5) is 25.0. The Bertz CT molecular complexity index is 851. The first-order valence-electron chi connectivity index (χ1n) is 9.97. The van der Waals surface area contributed by atoms with E-state index >= 15 is 0 Å². The van der Waals surface area contributed by atoms with Gasteiger partial charge in [0, 0.05) is 44.2 Å². The van der Waals surface area contributed by atoms with E-state index in [0.29, 0.717) is 37.7 Å². The molecule has 1 aromatic heterocycles. The largest absolute Gasteiger partial charge is 0.439 e. The number of benzene rings is 1. The number of ether oxygens (including phenoxy) is 1. The Kier molecular flexibility index (Phi) is 7.25. The summed E-state index contributed by atoms with van der Waals surface area (Å²) in [6, 6.07) is 5.99. The van der Waals surface area contributed by atoms with Crippen molar-refractivity contribution in [3.05, 3.63) is 41.4 Å². The number of piperazine rings is 1. The van der Waals surface area contributed by atoms with Crippen LogP contribution in [0.1, 0.15) is 39.5 Å². The van der Waals surface area contributed by atoms with Crippen molar-refractivity contribution >= 4 is 23.3 Å². The Balaban J connectivity index is 1.62. The van der Waals surface area contributed by atoms with E-state index in [4.69, 9.17) is 16.3 Å². The van der Waals surface area contributed by atoms with Gasteiger partial charge < -0.3 is 14.5 Å². The highest BCUT2D eigenvalue weighted by Gasteiger charge is 2.27. The lowest BCUT2D eigenvalue weighted by atomic mass is 10.1. The van der Waals surface area contributed by atoms with Crippen LogP contribution in [-0.2, 0) is 4.79 Å². The second-order valence-corrected chi connectivity index (χ2v) is 7.64. The summed E-state index contributed by atoms with van der Waals surface area (Å²) < 4.78 is 19.0. The van der Waals surface area contributed by atoms with E-state index in [1.54, 1.807) is 6.07 Å². The molecule has 0 bridgehead atoms. The molecular formula is C21H26ClFN4O2.